The predicted molar refractivity (Wildman–Crippen MR) is 98.7 cm³/mol. The second-order valence-electron chi connectivity index (χ2n) is 6.99. The third kappa shape index (κ3) is 4.13. The van der Waals surface area contributed by atoms with Gasteiger partial charge in [-0.2, -0.15) is 5.10 Å². The molecular formula is C18H18F2N4O2S. The second-order valence-corrected chi connectivity index (χ2v) is 7.83. The fourth-order valence-electron chi connectivity index (χ4n) is 2.44. The molecule has 0 spiro atoms. The van der Waals surface area contributed by atoms with Crippen molar-refractivity contribution in [3.05, 3.63) is 62.3 Å². The van der Waals surface area contributed by atoms with E-state index in [9.17, 15) is 18.4 Å². The van der Waals surface area contributed by atoms with Crippen molar-refractivity contribution in [2.75, 3.05) is 0 Å². The number of halogens is 2. The number of carbonyl (C=O) groups is 1. The number of carbonyl (C=O) groups excluding carboxylic acids is 1. The minimum Gasteiger partial charge on any atom is -0.346 e. The fraction of sp³-hybridized carbons (Fsp3) is 0.278. The molecule has 0 saturated carbocycles. The number of nitrogens with zero attached hydrogens (tertiary/aromatic N) is 2. The maximum Gasteiger partial charge on any atom is 0.304 e. The Labute approximate surface area is 157 Å². The van der Waals surface area contributed by atoms with Gasteiger partial charge in [0.05, 0.1) is 17.6 Å². The molecular weight excluding hydrogens is 374 g/mol. The molecule has 9 heteroatoms. The number of benzene rings is 1. The Morgan fingerprint density at radius 2 is 2.07 bits per heavy atom. The zero-order valence-corrected chi connectivity index (χ0v) is 15.8. The Morgan fingerprint density at radius 3 is 2.67 bits per heavy atom. The van der Waals surface area contributed by atoms with E-state index < -0.39 is 23.1 Å². The van der Waals surface area contributed by atoms with Crippen LogP contribution in [0.4, 0.5) is 8.78 Å². The van der Waals surface area contributed by atoms with Gasteiger partial charge < -0.3 is 10.3 Å². The van der Waals surface area contributed by atoms with Crippen molar-refractivity contribution in [3.63, 3.8) is 0 Å². The molecule has 3 aromatic rings. The molecule has 1 aromatic carbocycles. The Bertz CT molecular complexity index is 1050. The molecule has 2 N–H and O–H groups in total. The van der Waals surface area contributed by atoms with E-state index in [2.05, 4.69) is 15.4 Å². The van der Waals surface area contributed by atoms with Crippen LogP contribution in [0.1, 0.15) is 36.8 Å². The third-order valence-corrected chi connectivity index (χ3v) is 4.56. The number of aromatic amines is 1. The summed E-state index contributed by atoms with van der Waals surface area (Å²) in [7, 11) is 0. The van der Waals surface area contributed by atoms with Gasteiger partial charge in [-0.05, 0) is 32.9 Å². The lowest BCUT2D eigenvalue weighted by Crippen LogP contribution is -2.24. The number of nitrogens with one attached hydrogen (secondary N) is 2. The maximum absolute atomic E-state index is 14.3. The van der Waals surface area contributed by atoms with E-state index in [1.165, 1.54) is 12.3 Å². The van der Waals surface area contributed by atoms with Crippen molar-refractivity contribution in [1.82, 2.24) is 20.1 Å². The van der Waals surface area contributed by atoms with Crippen molar-refractivity contribution in [1.29, 1.82) is 0 Å². The molecule has 0 fully saturated rings. The van der Waals surface area contributed by atoms with Crippen LogP contribution in [-0.2, 0) is 12.1 Å². The highest BCUT2D eigenvalue weighted by atomic mass is 32.1. The van der Waals surface area contributed by atoms with Gasteiger partial charge in [-0.1, -0.05) is 11.3 Å². The van der Waals surface area contributed by atoms with Crippen LogP contribution in [0.5, 0.6) is 0 Å². The van der Waals surface area contributed by atoms with Crippen molar-refractivity contribution < 1.29 is 13.6 Å². The highest BCUT2D eigenvalue weighted by Crippen LogP contribution is 2.28. The van der Waals surface area contributed by atoms with Gasteiger partial charge in [0.1, 0.15) is 17.3 Å². The summed E-state index contributed by atoms with van der Waals surface area (Å²) in [5.41, 5.74) is 0.443. The smallest absolute Gasteiger partial charge is 0.304 e. The van der Waals surface area contributed by atoms with E-state index in [4.69, 9.17) is 0 Å². The first-order chi connectivity index (χ1) is 12.6. The lowest BCUT2D eigenvalue weighted by Gasteiger charge is -2.18. The molecule has 2 aromatic heterocycles. The lowest BCUT2D eigenvalue weighted by atomic mass is 10.1. The van der Waals surface area contributed by atoms with Crippen LogP contribution in [0, 0.1) is 11.6 Å². The first-order valence-electron chi connectivity index (χ1n) is 8.15. The number of hydrogen-bond donors (Lipinski definition) is 2. The van der Waals surface area contributed by atoms with Crippen LogP contribution in [0.3, 0.4) is 0 Å². The van der Waals surface area contributed by atoms with E-state index in [1.807, 2.05) is 20.8 Å². The van der Waals surface area contributed by atoms with Crippen LogP contribution in [0.15, 0.2) is 34.6 Å². The summed E-state index contributed by atoms with van der Waals surface area (Å²) in [4.78, 5) is 26.3. The predicted octanol–water partition coefficient (Wildman–Crippen LogP) is 3.26. The van der Waals surface area contributed by atoms with E-state index in [0.29, 0.717) is 5.69 Å². The number of aromatic nitrogens is 3. The van der Waals surface area contributed by atoms with Gasteiger partial charge in [-0.15, -0.1) is 0 Å². The number of amides is 1. The standard InChI is InChI=1S/C18H18F2N4O2S/c1-18(2,3)24-8-13(16(25)21-7-11-9-27-17(26)22-11)15(23-24)12-5-4-10(19)6-14(12)20/h4-6,8-9H,7H2,1-3H3,(H,21,25)(H,22,26). The average Bonchev–Trinajstić information content (AvgIpc) is 3.19. The van der Waals surface area contributed by atoms with Crippen molar-refractivity contribution in [3.8, 4) is 11.3 Å². The number of rotatable bonds is 4. The summed E-state index contributed by atoms with van der Waals surface area (Å²) in [5.74, 6) is -1.99. The van der Waals surface area contributed by atoms with Crippen molar-refractivity contribution >= 4 is 17.2 Å². The molecule has 2 heterocycles. The molecule has 0 aliphatic carbocycles. The highest BCUT2D eigenvalue weighted by Gasteiger charge is 2.24. The quantitative estimate of drug-likeness (QED) is 0.715. The monoisotopic (exact) mass is 392 g/mol. The first kappa shape index (κ1) is 19.0. The van der Waals surface area contributed by atoms with Crippen LogP contribution in [-0.4, -0.2) is 20.7 Å². The Morgan fingerprint density at radius 1 is 1.33 bits per heavy atom. The van der Waals surface area contributed by atoms with Crippen LogP contribution < -0.4 is 10.2 Å². The van der Waals surface area contributed by atoms with Gasteiger partial charge in [0.15, 0.2) is 0 Å². The van der Waals surface area contributed by atoms with Gasteiger partial charge in [0.2, 0.25) is 0 Å². The minimum atomic E-state index is -0.801. The summed E-state index contributed by atoms with van der Waals surface area (Å²) in [6.45, 7) is 5.79. The summed E-state index contributed by atoms with van der Waals surface area (Å²) >= 11 is 0.999. The van der Waals surface area contributed by atoms with E-state index in [-0.39, 0.29) is 28.2 Å². The summed E-state index contributed by atoms with van der Waals surface area (Å²) in [5, 5.41) is 8.65. The molecule has 1 amide bonds. The molecule has 0 aliphatic rings. The molecule has 0 radical (unpaired) electrons. The van der Waals surface area contributed by atoms with Crippen molar-refractivity contribution in [2.45, 2.75) is 32.9 Å². The van der Waals surface area contributed by atoms with Crippen LogP contribution in [0.2, 0.25) is 0 Å². The van der Waals surface area contributed by atoms with Gasteiger partial charge in [-0.25, -0.2) is 8.78 Å². The zero-order valence-electron chi connectivity index (χ0n) is 15.0. The largest absolute Gasteiger partial charge is 0.346 e. The first-order valence-corrected chi connectivity index (χ1v) is 9.03. The summed E-state index contributed by atoms with van der Waals surface area (Å²) < 4.78 is 29.1. The summed E-state index contributed by atoms with van der Waals surface area (Å²) in [6, 6.07) is 3.13. The Balaban J connectivity index is 1.98. The van der Waals surface area contributed by atoms with Gasteiger partial charge in [0.25, 0.3) is 5.91 Å². The third-order valence-electron chi connectivity index (χ3n) is 3.84. The SMILES string of the molecule is CC(C)(C)n1cc(C(=O)NCc2csc(=O)[nH]2)c(-c2ccc(F)cc2F)n1. The molecule has 3 rings (SSSR count). The molecule has 27 heavy (non-hydrogen) atoms. The molecule has 0 saturated heterocycles. The minimum absolute atomic E-state index is 0.0356. The topological polar surface area (TPSA) is 79.8 Å². The van der Waals surface area contributed by atoms with E-state index in [0.717, 1.165) is 23.5 Å². The van der Waals surface area contributed by atoms with Crippen LogP contribution >= 0.6 is 11.3 Å². The molecule has 0 atom stereocenters. The zero-order chi connectivity index (χ0) is 19.8. The molecule has 0 bridgehead atoms. The van der Waals surface area contributed by atoms with Crippen LogP contribution in [0.25, 0.3) is 11.3 Å². The van der Waals surface area contributed by atoms with Gasteiger partial charge in [-0.3, -0.25) is 14.3 Å². The van der Waals surface area contributed by atoms with E-state index >= 15 is 0 Å². The maximum atomic E-state index is 14.3. The van der Waals surface area contributed by atoms with Crippen molar-refractivity contribution in [2.24, 2.45) is 0 Å². The molecule has 0 unspecified atom stereocenters. The number of H-pyrrole nitrogens is 1. The van der Waals surface area contributed by atoms with Gasteiger partial charge >= 0.3 is 4.87 Å². The van der Waals surface area contributed by atoms with Gasteiger partial charge in [0, 0.05) is 28.9 Å². The summed E-state index contributed by atoms with van der Waals surface area (Å²) in [6.07, 6.45) is 1.53. The van der Waals surface area contributed by atoms with E-state index in [1.54, 1.807) is 10.1 Å². The fourth-order valence-corrected chi connectivity index (χ4v) is 3.02. The molecule has 0 aliphatic heterocycles. The second kappa shape index (κ2) is 7.07. The Kier molecular flexibility index (Phi) is 4.97. The number of hydrogen-bond acceptors (Lipinski definition) is 4. The Hall–Kier alpha value is -2.81. The number of thiazole rings is 1. The average molecular weight is 392 g/mol. The molecule has 6 nitrogen and oxygen atoms in total. The molecule has 142 valence electrons. The highest BCUT2D eigenvalue weighted by molar-refractivity contribution is 7.07. The normalized spacial score (nSPS) is 11.6. The lowest BCUT2D eigenvalue weighted by molar-refractivity contribution is 0.0951.